The fourth-order valence-electron chi connectivity index (χ4n) is 1.38. The average molecular weight is 195 g/mol. The van der Waals surface area contributed by atoms with Crippen LogP contribution in [0.2, 0.25) is 0 Å². The lowest BCUT2D eigenvalue weighted by Crippen LogP contribution is -2.37. The molecule has 78 valence electrons. The first-order valence-electron chi connectivity index (χ1n) is 4.59. The normalized spacial score (nSPS) is 15.2. The Morgan fingerprint density at radius 3 is 2.07 bits per heavy atom. The van der Waals surface area contributed by atoms with Crippen molar-refractivity contribution in [2.45, 2.75) is 26.3 Å². The molecule has 3 heteroatoms. The number of rotatable bonds is 2. The van der Waals surface area contributed by atoms with Crippen molar-refractivity contribution in [3.05, 3.63) is 28.8 Å². The van der Waals surface area contributed by atoms with Gasteiger partial charge in [-0.2, -0.15) is 0 Å². The summed E-state index contributed by atoms with van der Waals surface area (Å²) in [4.78, 5) is 0. The molecule has 14 heavy (non-hydrogen) atoms. The molecule has 0 aliphatic heterocycles. The van der Waals surface area contributed by atoms with Gasteiger partial charge in [-0.15, -0.1) is 0 Å². The van der Waals surface area contributed by atoms with Crippen molar-refractivity contribution in [3.63, 3.8) is 0 Å². The van der Waals surface area contributed by atoms with Crippen LogP contribution in [0.15, 0.2) is 12.1 Å². The van der Waals surface area contributed by atoms with Crippen LogP contribution in [0, 0.1) is 13.8 Å². The Morgan fingerprint density at radius 2 is 1.71 bits per heavy atom. The molecule has 1 aromatic rings. The number of aliphatic hydroxyl groups excluding tert-OH is 1. The highest BCUT2D eigenvalue weighted by atomic mass is 16.3. The molecule has 0 heterocycles. The summed E-state index contributed by atoms with van der Waals surface area (Å²) in [6.07, 6.45) is 0. The van der Waals surface area contributed by atoms with Crippen molar-refractivity contribution in [2.24, 2.45) is 5.73 Å². The molecule has 1 atom stereocenters. The molecule has 0 bridgehead atoms. The fourth-order valence-corrected chi connectivity index (χ4v) is 1.38. The van der Waals surface area contributed by atoms with Gasteiger partial charge in [0.1, 0.15) is 5.75 Å². The van der Waals surface area contributed by atoms with Crippen LogP contribution in [-0.2, 0) is 5.54 Å². The molecule has 1 unspecified atom stereocenters. The zero-order chi connectivity index (χ0) is 10.9. The molecular formula is C11H17NO2. The molecule has 3 nitrogen and oxygen atoms in total. The van der Waals surface area contributed by atoms with Crippen LogP contribution < -0.4 is 5.73 Å². The molecule has 0 fully saturated rings. The third-order valence-corrected chi connectivity index (χ3v) is 2.48. The first-order chi connectivity index (χ1) is 6.38. The quantitative estimate of drug-likeness (QED) is 0.663. The summed E-state index contributed by atoms with van der Waals surface area (Å²) < 4.78 is 0. The number of benzene rings is 1. The minimum Gasteiger partial charge on any atom is -0.507 e. The van der Waals surface area contributed by atoms with E-state index in [2.05, 4.69) is 0 Å². The lowest BCUT2D eigenvalue weighted by Gasteiger charge is -2.23. The second kappa shape index (κ2) is 3.59. The first-order valence-corrected chi connectivity index (χ1v) is 4.59. The highest BCUT2D eigenvalue weighted by Crippen LogP contribution is 2.27. The molecule has 0 saturated heterocycles. The van der Waals surface area contributed by atoms with Gasteiger partial charge >= 0.3 is 0 Å². The smallest absolute Gasteiger partial charge is 0.121 e. The van der Waals surface area contributed by atoms with Crippen molar-refractivity contribution >= 4 is 0 Å². The van der Waals surface area contributed by atoms with Gasteiger partial charge in [0.2, 0.25) is 0 Å². The number of phenols is 1. The van der Waals surface area contributed by atoms with Crippen molar-refractivity contribution in [2.75, 3.05) is 6.61 Å². The molecule has 0 radical (unpaired) electrons. The van der Waals surface area contributed by atoms with E-state index >= 15 is 0 Å². The number of aromatic hydroxyl groups is 1. The highest BCUT2D eigenvalue weighted by molar-refractivity contribution is 5.44. The molecular weight excluding hydrogens is 178 g/mol. The first kappa shape index (κ1) is 11.0. The van der Waals surface area contributed by atoms with Crippen LogP contribution in [0.25, 0.3) is 0 Å². The second-order valence-electron chi connectivity index (χ2n) is 4.03. The molecule has 0 amide bonds. The van der Waals surface area contributed by atoms with Gasteiger partial charge in [-0.1, -0.05) is 12.1 Å². The molecule has 1 aromatic carbocycles. The van der Waals surface area contributed by atoms with Gasteiger partial charge in [-0.3, -0.25) is 0 Å². The molecule has 0 aliphatic rings. The predicted octanol–water partition coefficient (Wildman–Crippen LogP) is 1.18. The van der Waals surface area contributed by atoms with E-state index in [-0.39, 0.29) is 6.61 Å². The van der Waals surface area contributed by atoms with E-state index in [9.17, 15) is 5.11 Å². The second-order valence-corrected chi connectivity index (χ2v) is 4.03. The summed E-state index contributed by atoms with van der Waals surface area (Å²) in [5.41, 5.74) is 7.55. The topological polar surface area (TPSA) is 66.5 Å². The zero-order valence-corrected chi connectivity index (χ0v) is 8.83. The predicted molar refractivity (Wildman–Crippen MR) is 56.2 cm³/mol. The van der Waals surface area contributed by atoms with Gasteiger partial charge in [-0.25, -0.2) is 0 Å². The number of hydrogen-bond donors (Lipinski definition) is 3. The Morgan fingerprint density at radius 1 is 1.29 bits per heavy atom. The van der Waals surface area contributed by atoms with Crippen LogP contribution in [0.4, 0.5) is 0 Å². The van der Waals surface area contributed by atoms with Gasteiger partial charge in [0.05, 0.1) is 12.1 Å². The van der Waals surface area contributed by atoms with Crippen LogP contribution in [0.5, 0.6) is 5.75 Å². The Labute approximate surface area is 84.2 Å². The summed E-state index contributed by atoms with van der Waals surface area (Å²) in [6.45, 7) is 5.29. The van der Waals surface area contributed by atoms with Crippen LogP contribution >= 0.6 is 0 Å². The summed E-state index contributed by atoms with van der Waals surface area (Å²) in [5, 5.41) is 18.7. The van der Waals surface area contributed by atoms with Crippen molar-refractivity contribution < 1.29 is 10.2 Å². The van der Waals surface area contributed by atoms with Crippen LogP contribution in [0.1, 0.15) is 23.6 Å². The molecule has 1 rings (SSSR count). The monoisotopic (exact) mass is 195 g/mol. The van der Waals surface area contributed by atoms with Crippen molar-refractivity contribution in [1.29, 1.82) is 0 Å². The minimum absolute atomic E-state index is 0.114. The fraction of sp³-hybridized carbons (Fsp3) is 0.455. The van der Waals surface area contributed by atoms with E-state index in [1.807, 2.05) is 13.8 Å². The highest BCUT2D eigenvalue weighted by Gasteiger charge is 2.21. The van der Waals surface area contributed by atoms with E-state index in [0.717, 1.165) is 16.7 Å². The number of aliphatic hydroxyl groups is 1. The summed E-state index contributed by atoms with van der Waals surface area (Å²) in [5.74, 6) is 0.294. The lowest BCUT2D eigenvalue weighted by atomic mass is 9.91. The molecule has 0 aliphatic carbocycles. The Hall–Kier alpha value is -1.06. The standard InChI is InChI=1S/C11H17NO2/c1-7-4-9(11(3,12)6-13)5-8(2)10(7)14/h4-5,13-14H,6,12H2,1-3H3. The SMILES string of the molecule is Cc1cc(C(C)(N)CO)cc(C)c1O. The van der Waals surface area contributed by atoms with Gasteiger partial charge in [0, 0.05) is 0 Å². The maximum atomic E-state index is 9.57. The molecule has 0 spiro atoms. The summed E-state index contributed by atoms with van der Waals surface area (Å²) in [6, 6.07) is 3.61. The van der Waals surface area contributed by atoms with Gasteiger partial charge in [0.25, 0.3) is 0 Å². The summed E-state index contributed by atoms with van der Waals surface area (Å²) >= 11 is 0. The molecule has 0 saturated carbocycles. The average Bonchev–Trinajstić information content (AvgIpc) is 2.13. The molecule has 0 aromatic heterocycles. The lowest BCUT2D eigenvalue weighted by molar-refractivity contribution is 0.210. The maximum absolute atomic E-state index is 9.57. The third-order valence-electron chi connectivity index (χ3n) is 2.48. The Balaban J connectivity index is 3.26. The van der Waals surface area contributed by atoms with E-state index in [1.54, 1.807) is 19.1 Å². The Kier molecular flexibility index (Phi) is 2.83. The van der Waals surface area contributed by atoms with E-state index in [0.29, 0.717) is 5.75 Å². The summed E-state index contributed by atoms with van der Waals surface area (Å²) in [7, 11) is 0. The zero-order valence-electron chi connectivity index (χ0n) is 8.83. The van der Waals surface area contributed by atoms with Crippen LogP contribution in [-0.4, -0.2) is 16.8 Å². The third kappa shape index (κ3) is 1.89. The number of phenolic OH excluding ortho intramolecular Hbond substituents is 1. The largest absolute Gasteiger partial charge is 0.507 e. The van der Waals surface area contributed by atoms with E-state index in [4.69, 9.17) is 10.8 Å². The van der Waals surface area contributed by atoms with Crippen LogP contribution in [0.3, 0.4) is 0 Å². The Bertz CT molecular complexity index is 322. The number of nitrogens with two attached hydrogens (primary N) is 1. The van der Waals surface area contributed by atoms with Crippen molar-refractivity contribution in [1.82, 2.24) is 0 Å². The van der Waals surface area contributed by atoms with Crippen molar-refractivity contribution in [3.8, 4) is 5.75 Å². The number of hydrogen-bond acceptors (Lipinski definition) is 3. The number of aryl methyl sites for hydroxylation is 2. The maximum Gasteiger partial charge on any atom is 0.121 e. The van der Waals surface area contributed by atoms with E-state index < -0.39 is 5.54 Å². The minimum atomic E-state index is -0.747. The van der Waals surface area contributed by atoms with Gasteiger partial charge < -0.3 is 15.9 Å². The van der Waals surface area contributed by atoms with Gasteiger partial charge in [-0.05, 0) is 37.5 Å². The van der Waals surface area contributed by atoms with E-state index in [1.165, 1.54) is 0 Å². The van der Waals surface area contributed by atoms with Gasteiger partial charge in [0.15, 0.2) is 0 Å². The molecule has 4 N–H and O–H groups in total.